The van der Waals surface area contributed by atoms with Crippen molar-refractivity contribution in [2.24, 2.45) is 0 Å². The number of anilines is 5. The van der Waals surface area contributed by atoms with Gasteiger partial charge in [0.25, 0.3) is 5.91 Å². The van der Waals surface area contributed by atoms with Crippen LogP contribution in [0.1, 0.15) is 49.5 Å². The zero-order valence-corrected chi connectivity index (χ0v) is 35.6. The largest absolute Gasteiger partial charge is 0.496 e. The number of amides is 3. The Hall–Kier alpha value is -6.10. The lowest BCUT2D eigenvalue weighted by atomic mass is 9.86. The molecule has 15 nitrogen and oxygen atoms in total. The number of rotatable bonds is 16. The predicted octanol–water partition coefficient (Wildman–Crippen LogP) is 7.94. The summed E-state index contributed by atoms with van der Waals surface area (Å²) in [5.74, 6) is 1.96. The number of hydrogen-bond acceptors (Lipinski definition) is 11. The highest BCUT2D eigenvalue weighted by molar-refractivity contribution is 7.92. The molecule has 1 aromatic heterocycles. The third-order valence-electron chi connectivity index (χ3n) is 9.80. The van der Waals surface area contributed by atoms with Crippen LogP contribution in [0.4, 0.5) is 33.4 Å². The molecule has 318 valence electrons. The van der Waals surface area contributed by atoms with E-state index in [0.29, 0.717) is 52.2 Å². The number of urea groups is 1. The Bertz CT molecular complexity index is 2430. The summed E-state index contributed by atoms with van der Waals surface area (Å²) < 4.78 is 49.8. The Morgan fingerprint density at radius 2 is 1.57 bits per heavy atom. The van der Waals surface area contributed by atoms with Crippen LogP contribution in [0.3, 0.4) is 0 Å². The first-order valence-electron chi connectivity index (χ1n) is 19.7. The van der Waals surface area contributed by atoms with Crippen LogP contribution in [0.25, 0.3) is 10.8 Å². The molecule has 0 unspecified atom stereocenters. The highest BCUT2D eigenvalue weighted by Gasteiger charge is 2.23. The van der Waals surface area contributed by atoms with Gasteiger partial charge in [-0.15, -0.1) is 0 Å². The van der Waals surface area contributed by atoms with Crippen molar-refractivity contribution in [2.75, 3.05) is 80.5 Å². The molecule has 5 N–H and O–H groups in total. The maximum Gasteiger partial charge on any atom is 0.323 e. The number of sulfonamides is 1. The lowest BCUT2D eigenvalue weighted by Gasteiger charge is -2.26. The average molecular weight is 840 g/mol. The fourth-order valence-corrected chi connectivity index (χ4v) is 7.30. The zero-order valence-electron chi connectivity index (χ0n) is 34.8. The van der Waals surface area contributed by atoms with E-state index in [1.165, 1.54) is 14.2 Å². The molecule has 2 heterocycles. The molecule has 1 aliphatic heterocycles. The zero-order chi connectivity index (χ0) is 42.9. The van der Waals surface area contributed by atoms with E-state index in [-0.39, 0.29) is 22.8 Å². The van der Waals surface area contributed by atoms with Crippen LogP contribution < -0.4 is 40.2 Å². The molecular formula is C44H53N7O8S. The molecule has 60 heavy (non-hydrogen) atoms. The van der Waals surface area contributed by atoms with Gasteiger partial charge in [-0.1, -0.05) is 45.0 Å². The fourth-order valence-electron chi connectivity index (χ4n) is 6.75. The minimum absolute atomic E-state index is 0.170. The van der Waals surface area contributed by atoms with Gasteiger partial charge in [0, 0.05) is 54.4 Å². The summed E-state index contributed by atoms with van der Waals surface area (Å²) in [5, 5.41) is 13.5. The lowest BCUT2D eigenvalue weighted by Crippen LogP contribution is -2.37. The molecule has 0 saturated carbocycles. The summed E-state index contributed by atoms with van der Waals surface area (Å²) >= 11 is 0. The number of pyridine rings is 1. The summed E-state index contributed by atoms with van der Waals surface area (Å²) in [5.41, 5.74) is 2.54. The summed E-state index contributed by atoms with van der Waals surface area (Å²) in [7, 11) is -0.707. The summed E-state index contributed by atoms with van der Waals surface area (Å²) in [6.07, 6.45) is 4.55. The predicted molar refractivity (Wildman–Crippen MR) is 236 cm³/mol. The van der Waals surface area contributed by atoms with Gasteiger partial charge in [-0.3, -0.25) is 14.4 Å². The fraction of sp³-hybridized carbons (Fsp3) is 0.341. The van der Waals surface area contributed by atoms with Crippen LogP contribution in [0.5, 0.6) is 23.0 Å². The molecule has 0 bridgehead atoms. The maximum absolute atomic E-state index is 13.5. The monoisotopic (exact) mass is 839 g/mol. The van der Waals surface area contributed by atoms with Crippen molar-refractivity contribution < 1.29 is 37.0 Å². The molecule has 0 radical (unpaired) electrons. The van der Waals surface area contributed by atoms with Gasteiger partial charge in [0.1, 0.15) is 23.1 Å². The Morgan fingerprint density at radius 3 is 2.28 bits per heavy atom. The van der Waals surface area contributed by atoms with Crippen LogP contribution in [-0.4, -0.2) is 90.1 Å². The van der Waals surface area contributed by atoms with E-state index in [0.717, 1.165) is 68.3 Å². The van der Waals surface area contributed by atoms with E-state index in [4.69, 9.17) is 18.9 Å². The number of aromatic nitrogens is 1. The number of carbonyl (C=O) groups excluding carboxylic acids is 2. The Labute approximate surface area is 351 Å². The first-order valence-corrected chi connectivity index (χ1v) is 21.6. The van der Waals surface area contributed by atoms with Crippen LogP contribution in [0.2, 0.25) is 0 Å². The van der Waals surface area contributed by atoms with Crippen LogP contribution >= 0.6 is 0 Å². The first-order chi connectivity index (χ1) is 28.7. The van der Waals surface area contributed by atoms with Gasteiger partial charge in [0.15, 0.2) is 5.75 Å². The van der Waals surface area contributed by atoms with E-state index in [1.807, 2.05) is 45.0 Å². The number of hydrogen-bond donors (Lipinski definition) is 5. The van der Waals surface area contributed by atoms with Gasteiger partial charge in [0.05, 0.1) is 56.3 Å². The summed E-state index contributed by atoms with van der Waals surface area (Å²) in [6, 6.07) is 22.7. The maximum atomic E-state index is 13.5. The van der Waals surface area contributed by atoms with Crippen LogP contribution in [0.15, 0.2) is 85.1 Å². The molecular weight excluding hydrogens is 787 g/mol. The highest BCUT2D eigenvalue weighted by atomic mass is 32.2. The van der Waals surface area contributed by atoms with Crippen molar-refractivity contribution in [3.8, 4) is 23.0 Å². The van der Waals surface area contributed by atoms with Crippen molar-refractivity contribution in [2.45, 2.75) is 39.0 Å². The quantitative estimate of drug-likeness (QED) is 0.0609. The van der Waals surface area contributed by atoms with Gasteiger partial charge in [-0.05, 0) is 72.8 Å². The summed E-state index contributed by atoms with van der Waals surface area (Å²) in [4.78, 5) is 33.4. The van der Waals surface area contributed by atoms with Crippen molar-refractivity contribution in [3.63, 3.8) is 0 Å². The topological polar surface area (TPSA) is 181 Å². The smallest absolute Gasteiger partial charge is 0.323 e. The standard InChI is InChI=1S/C44H53N7O8S/c1-44(2,3)29-25-36(41(57-5)37(26-29)50-60(6,54)55)49-43(53)48-35-15-16-38(33-12-8-7-11-32(33)35)59-31-17-19-45-40(28-31)47-30-13-14-34(39(27-30)56-4)42(52)46-18-9-10-20-51-21-23-58-24-22-51/h7-8,11-17,19,25-28,50H,9-10,18,20-24H2,1-6H3,(H,45,47)(H,46,52)(H2,48,49,53). The molecule has 5 aromatic rings. The number of fused-ring (bicyclic) bond motifs is 1. The number of morpholine rings is 1. The summed E-state index contributed by atoms with van der Waals surface area (Å²) in [6.45, 7) is 11.0. The number of unbranched alkanes of at least 4 members (excludes halogenated alkanes) is 1. The molecule has 1 saturated heterocycles. The number of methoxy groups -OCH3 is 2. The Morgan fingerprint density at radius 1 is 0.833 bits per heavy atom. The minimum atomic E-state index is -3.64. The molecule has 3 amide bonds. The van der Waals surface area contributed by atoms with Crippen LogP contribution in [-0.2, 0) is 20.2 Å². The number of ether oxygens (including phenoxy) is 4. The van der Waals surface area contributed by atoms with Gasteiger partial charge >= 0.3 is 6.03 Å². The van der Waals surface area contributed by atoms with Crippen molar-refractivity contribution >= 4 is 61.3 Å². The normalized spacial score (nSPS) is 13.3. The van der Waals surface area contributed by atoms with Gasteiger partial charge in [0.2, 0.25) is 10.0 Å². The second-order valence-electron chi connectivity index (χ2n) is 15.4. The number of carbonyl (C=O) groups is 2. The van der Waals surface area contributed by atoms with E-state index in [2.05, 4.69) is 35.9 Å². The third kappa shape index (κ3) is 11.5. The first kappa shape index (κ1) is 43.5. The van der Waals surface area contributed by atoms with Gasteiger partial charge in [-0.25, -0.2) is 18.2 Å². The molecule has 6 rings (SSSR count). The van der Waals surface area contributed by atoms with Crippen molar-refractivity contribution in [1.82, 2.24) is 15.2 Å². The van der Waals surface area contributed by atoms with Gasteiger partial charge in [-0.2, -0.15) is 0 Å². The van der Waals surface area contributed by atoms with Crippen molar-refractivity contribution in [1.29, 1.82) is 0 Å². The Balaban J connectivity index is 1.12. The molecule has 1 aliphatic rings. The molecule has 1 fully saturated rings. The van der Waals surface area contributed by atoms with Gasteiger partial charge < -0.3 is 40.2 Å². The SMILES string of the molecule is COc1cc(Nc2cc(Oc3ccc(NC(=O)Nc4cc(C(C)(C)C)cc(NS(C)(=O)=O)c4OC)c4ccccc34)ccn2)ccc1C(=O)NCCCCN1CCOCC1. The molecule has 4 aromatic carbocycles. The molecule has 0 atom stereocenters. The van der Waals surface area contributed by atoms with E-state index < -0.39 is 16.1 Å². The molecule has 0 aliphatic carbocycles. The Kier molecular flexibility index (Phi) is 14.0. The second-order valence-corrected chi connectivity index (χ2v) is 17.1. The van der Waals surface area contributed by atoms with E-state index in [1.54, 1.807) is 60.8 Å². The highest BCUT2D eigenvalue weighted by Crippen LogP contribution is 2.40. The molecule has 0 spiro atoms. The van der Waals surface area contributed by atoms with Crippen molar-refractivity contribution in [3.05, 3.63) is 96.2 Å². The molecule has 16 heteroatoms. The number of nitrogens with one attached hydrogen (secondary N) is 5. The lowest BCUT2D eigenvalue weighted by molar-refractivity contribution is 0.0372. The van der Waals surface area contributed by atoms with E-state index >= 15 is 0 Å². The van der Waals surface area contributed by atoms with E-state index in [9.17, 15) is 18.0 Å². The second kappa shape index (κ2) is 19.3. The van der Waals surface area contributed by atoms with Crippen LogP contribution in [0, 0.1) is 0 Å². The third-order valence-corrected chi connectivity index (χ3v) is 10.4. The number of nitrogens with zero attached hydrogens (tertiary/aromatic N) is 2. The average Bonchev–Trinajstić information content (AvgIpc) is 3.21. The minimum Gasteiger partial charge on any atom is -0.496 e. The number of benzene rings is 4.